The van der Waals surface area contributed by atoms with Gasteiger partial charge in [0.05, 0.1) is 0 Å². The highest BCUT2D eigenvalue weighted by Gasteiger charge is 2.25. The molecule has 0 radical (unpaired) electrons. The van der Waals surface area contributed by atoms with Gasteiger partial charge in [-0.3, -0.25) is 9.59 Å². The van der Waals surface area contributed by atoms with Crippen LogP contribution in [0.4, 0.5) is 0 Å². The van der Waals surface area contributed by atoms with Crippen LogP contribution in [0.2, 0.25) is 0 Å². The van der Waals surface area contributed by atoms with Gasteiger partial charge in [0, 0.05) is 19.5 Å². The molecule has 0 saturated carbocycles. The monoisotopic (exact) mass is 304 g/mol. The second-order valence-corrected chi connectivity index (χ2v) is 5.58. The molecule has 0 spiro atoms. The van der Waals surface area contributed by atoms with E-state index >= 15 is 0 Å². The van der Waals surface area contributed by atoms with E-state index in [9.17, 15) is 9.59 Å². The summed E-state index contributed by atoms with van der Waals surface area (Å²) >= 11 is 0. The molecule has 4 nitrogen and oxygen atoms in total. The molecule has 0 aliphatic carbocycles. The molecule has 0 heterocycles. The molecule has 0 aromatic heterocycles. The van der Waals surface area contributed by atoms with Gasteiger partial charge in [0.1, 0.15) is 6.04 Å². The van der Waals surface area contributed by atoms with Gasteiger partial charge < -0.3 is 10.2 Å². The normalized spacial score (nSPS) is 11.8. The topological polar surface area (TPSA) is 49.4 Å². The molecular formula is C18H28N2O2. The van der Waals surface area contributed by atoms with Crippen LogP contribution in [0.15, 0.2) is 30.3 Å². The molecule has 2 amide bonds. The summed E-state index contributed by atoms with van der Waals surface area (Å²) in [7, 11) is 0. The number of carbonyl (C=O) groups excluding carboxylic acids is 2. The third-order valence-electron chi connectivity index (χ3n) is 3.66. The van der Waals surface area contributed by atoms with Gasteiger partial charge in [-0.2, -0.15) is 0 Å². The Kier molecular flexibility index (Phi) is 8.26. The fraction of sp³-hybridized carbons (Fsp3) is 0.556. The second kappa shape index (κ2) is 9.98. The smallest absolute Gasteiger partial charge is 0.242 e. The highest BCUT2D eigenvalue weighted by atomic mass is 16.2. The molecule has 0 saturated heterocycles. The van der Waals surface area contributed by atoms with Crippen molar-refractivity contribution in [3.63, 3.8) is 0 Å². The van der Waals surface area contributed by atoms with Crippen molar-refractivity contribution in [2.45, 2.75) is 59.0 Å². The molecule has 0 fully saturated rings. The maximum absolute atomic E-state index is 12.4. The number of unbranched alkanes of at least 4 members (excludes halogenated alkanes) is 1. The maximum atomic E-state index is 12.4. The molecule has 122 valence electrons. The molecule has 1 atom stereocenters. The Morgan fingerprint density at radius 1 is 1.14 bits per heavy atom. The fourth-order valence-corrected chi connectivity index (χ4v) is 2.26. The zero-order valence-electron chi connectivity index (χ0n) is 14.0. The first kappa shape index (κ1) is 18.2. The molecule has 1 aromatic carbocycles. The number of nitrogens with zero attached hydrogens (tertiary/aromatic N) is 1. The van der Waals surface area contributed by atoms with Crippen LogP contribution in [0, 0.1) is 0 Å². The van der Waals surface area contributed by atoms with Gasteiger partial charge in [0.15, 0.2) is 0 Å². The quantitative estimate of drug-likeness (QED) is 0.713. The van der Waals surface area contributed by atoms with E-state index in [4.69, 9.17) is 0 Å². The van der Waals surface area contributed by atoms with Crippen molar-refractivity contribution < 1.29 is 9.59 Å². The molecule has 22 heavy (non-hydrogen) atoms. The summed E-state index contributed by atoms with van der Waals surface area (Å²) in [4.78, 5) is 26.3. The standard InChI is InChI=1S/C18H28N2O2/c1-4-6-13-19-18(22)15(3)20(17(21)10-5-2)14-16-11-8-7-9-12-16/h7-9,11-12,15H,4-6,10,13-14H2,1-3H3,(H,19,22)/t15-/m1/s1. The summed E-state index contributed by atoms with van der Waals surface area (Å²) in [6.45, 7) is 7.01. The lowest BCUT2D eigenvalue weighted by molar-refractivity contribution is -0.140. The zero-order chi connectivity index (χ0) is 16.4. The Hall–Kier alpha value is -1.84. The number of carbonyl (C=O) groups is 2. The molecule has 0 aliphatic rings. The van der Waals surface area contributed by atoms with E-state index in [0.29, 0.717) is 19.5 Å². The van der Waals surface area contributed by atoms with Crippen molar-refractivity contribution >= 4 is 11.8 Å². The summed E-state index contributed by atoms with van der Waals surface area (Å²) in [5.74, 6) is -0.0432. The number of benzene rings is 1. The van der Waals surface area contributed by atoms with Crippen LogP contribution < -0.4 is 5.32 Å². The van der Waals surface area contributed by atoms with Gasteiger partial charge in [-0.1, -0.05) is 50.6 Å². The van der Waals surface area contributed by atoms with Gasteiger partial charge >= 0.3 is 0 Å². The lowest BCUT2D eigenvalue weighted by Gasteiger charge is -2.28. The van der Waals surface area contributed by atoms with Gasteiger partial charge in [-0.25, -0.2) is 0 Å². The predicted octanol–water partition coefficient (Wildman–Crippen LogP) is 3.12. The Morgan fingerprint density at radius 2 is 1.82 bits per heavy atom. The first-order chi connectivity index (χ1) is 10.6. The molecule has 4 heteroatoms. The molecule has 0 aliphatic heterocycles. The van der Waals surface area contributed by atoms with Crippen molar-refractivity contribution in [1.82, 2.24) is 10.2 Å². The molecule has 1 rings (SSSR count). The largest absolute Gasteiger partial charge is 0.354 e. The van der Waals surface area contributed by atoms with E-state index < -0.39 is 6.04 Å². The summed E-state index contributed by atoms with van der Waals surface area (Å²) in [5.41, 5.74) is 1.04. The minimum Gasteiger partial charge on any atom is -0.354 e. The van der Waals surface area contributed by atoms with Crippen molar-refractivity contribution in [3.8, 4) is 0 Å². The average molecular weight is 304 g/mol. The average Bonchev–Trinajstić information content (AvgIpc) is 2.53. The van der Waals surface area contributed by atoms with Crippen molar-refractivity contribution in [2.24, 2.45) is 0 Å². The first-order valence-electron chi connectivity index (χ1n) is 8.21. The first-order valence-corrected chi connectivity index (χ1v) is 8.21. The highest BCUT2D eigenvalue weighted by molar-refractivity contribution is 5.87. The number of hydrogen-bond donors (Lipinski definition) is 1. The summed E-state index contributed by atoms with van der Waals surface area (Å²) < 4.78 is 0. The van der Waals surface area contributed by atoms with Crippen LogP contribution in [0.5, 0.6) is 0 Å². The van der Waals surface area contributed by atoms with Crippen molar-refractivity contribution in [3.05, 3.63) is 35.9 Å². The third kappa shape index (κ3) is 5.88. The number of amides is 2. The lowest BCUT2D eigenvalue weighted by atomic mass is 10.1. The highest BCUT2D eigenvalue weighted by Crippen LogP contribution is 2.11. The van der Waals surface area contributed by atoms with E-state index in [1.54, 1.807) is 11.8 Å². The Balaban J connectivity index is 2.76. The zero-order valence-corrected chi connectivity index (χ0v) is 14.0. The molecule has 1 aromatic rings. The van der Waals surface area contributed by atoms with Gasteiger partial charge in [0.25, 0.3) is 0 Å². The van der Waals surface area contributed by atoms with Crippen LogP contribution in [-0.2, 0) is 16.1 Å². The molecular weight excluding hydrogens is 276 g/mol. The van der Waals surface area contributed by atoms with Crippen LogP contribution >= 0.6 is 0 Å². The van der Waals surface area contributed by atoms with Crippen molar-refractivity contribution in [1.29, 1.82) is 0 Å². The van der Waals surface area contributed by atoms with Crippen LogP contribution in [-0.4, -0.2) is 29.3 Å². The van der Waals surface area contributed by atoms with E-state index in [2.05, 4.69) is 12.2 Å². The molecule has 1 N–H and O–H groups in total. The number of nitrogens with one attached hydrogen (secondary N) is 1. The number of hydrogen-bond acceptors (Lipinski definition) is 2. The van der Waals surface area contributed by atoms with Gasteiger partial charge in [-0.05, 0) is 25.3 Å². The Morgan fingerprint density at radius 3 is 2.41 bits per heavy atom. The van der Waals surface area contributed by atoms with Gasteiger partial charge in [0.2, 0.25) is 11.8 Å². The predicted molar refractivity (Wildman–Crippen MR) is 89.3 cm³/mol. The van der Waals surface area contributed by atoms with E-state index in [0.717, 1.165) is 24.8 Å². The minimum atomic E-state index is -0.448. The Bertz CT molecular complexity index is 459. The SMILES string of the molecule is CCCCNC(=O)[C@@H](C)N(Cc1ccccc1)C(=O)CCC. The van der Waals surface area contributed by atoms with E-state index in [1.807, 2.05) is 37.3 Å². The third-order valence-corrected chi connectivity index (χ3v) is 3.66. The van der Waals surface area contributed by atoms with E-state index in [1.165, 1.54) is 0 Å². The second-order valence-electron chi connectivity index (χ2n) is 5.58. The minimum absolute atomic E-state index is 0.0319. The van der Waals surface area contributed by atoms with Crippen LogP contribution in [0.25, 0.3) is 0 Å². The lowest BCUT2D eigenvalue weighted by Crippen LogP contribution is -2.47. The fourth-order valence-electron chi connectivity index (χ4n) is 2.26. The summed E-state index contributed by atoms with van der Waals surface area (Å²) in [5, 5.41) is 2.91. The van der Waals surface area contributed by atoms with Crippen LogP contribution in [0.1, 0.15) is 52.0 Å². The maximum Gasteiger partial charge on any atom is 0.242 e. The number of rotatable bonds is 9. The summed E-state index contributed by atoms with van der Waals surface area (Å²) in [6.07, 6.45) is 3.25. The Labute approximate surface area is 133 Å². The van der Waals surface area contributed by atoms with E-state index in [-0.39, 0.29) is 11.8 Å². The van der Waals surface area contributed by atoms with Crippen molar-refractivity contribution in [2.75, 3.05) is 6.54 Å². The molecule has 0 unspecified atom stereocenters. The summed E-state index contributed by atoms with van der Waals surface area (Å²) in [6, 6.07) is 9.36. The van der Waals surface area contributed by atoms with Gasteiger partial charge in [-0.15, -0.1) is 0 Å². The molecule has 0 bridgehead atoms. The van der Waals surface area contributed by atoms with Crippen LogP contribution in [0.3, 0.4) is 0 Å².